The molecule has 0 spiro atoms. The number of aliphatic hydroxyl groups is 1. The van der Waals surface area contributed by atoms with E-state index in [0.717, 1.165) is 6.42 Å². The fraction of sp³-hybridized carbons (Fsp3) is 0.857. The van der Waals surface area contributed by atoms with Crippen molar-refractivity contribution >= 4 is 19.0 Å². The van der Waals surface area contributed by atoms with Crippen molar-refractivity contribution in [2.75, 3.05) is 19.7 Å². The van der Waals surface area contributed by atoms with E-state index in [4.69, 9.17) is 25.9 Å². The quantitative estimate of drug-likeness (QED) is 0.548. The summed E-state index contributed by atoms with van der Waals surface area (Å²) in [5.41, 5.74) is 10.7. The summed E-state index contributed by atoms with van der Waals surface area (Å²) in [6, 6.07) is -0.990. The maximum Gasteiger partial charge on any atom is 0.527 e. The molecule has 2 aliphatic heterocycles. The van der Waals surface area contributed by atoms with E-state index in [1.165, 1.54) is 4.90 Å². The Hall–Kier alpha value is -1.16. The average Bonchev–Trinajstić information content (AvgIpc) is 2.82. The van der Waals surface area contributed by atoms with Crippen LogP contribution in [0.1, 0.15) is 26.7 Å². The normalized spacial score (nSPS) is 29.8. The molecule has 23 heavy (non-hydrogen) atoms. The number of nitrogens with two attached hydrogens (primary N) is 2. The zero-order valence-corrected chi connectivity index (χ0v) is 13.7. The lowest BCUT2D eigenvalue weighted by Crippen LogP contribution is -2.58. The van der Waals surface area contributed by atoms with Crippen molar-refractivity contribution in [2.24, 2.45) is 17.4 Å². The predicted molar refractivity (Wildman–Crippen MR) is 84.2 cm³/mol. The molecule has 2 aliphatic rings. The van der Waals surface area contributed by atoms with Gasteiger partial charge < -0.3 is 30.8 Å². The molecule has 0 radical (unpaired) electrons. The van der Waals surface area contributed by atoms with E-state index in [-0.39, 0.29) is 18.6 Å². The molecule has 1 amide bonds. The molecular formula is C14H26BN3O5. The monoisotopic (exact) mass is 327 g/mol. The molecule has 3 atom stereocenters. The predicted octanol–water partition coefficient (Wildman–Crippen LogP) is -1.29. The SMILES string of the molecule is CC(C)OB1CCC[C@H]2CN(C(=O)[C@@H](N)CO)C[C@@]2(N)C(=O)O1. The van der Waals surface area contributed by atoms with Crippen molar-refractivity contribution in [3.05, 3.63) is 0 Å². The van der Waals surface area contributed by atoms with Gasteiger partial charge in [0, 0.05) is 25.1 Å². The molecule has 2 heterocycles. The van der Waals surface area contributed by atoms with Crippen molar-refractivity contribution in [3.63, 3.8) is 0 Å². The van der Waals surface area contributed by atoms with Crippen LogP contribution in [0, 0.1) is 5.92 Å². The molecule has 0 aliphatic carbocycles. The molecule has 5 N–H and O–H groups in total. The van der Waals surface area contributed by atoms with Gasteiger partial charge >= 0.3 is 13.1 Å². The lowest BCUT2D eigenvalue weighted by atomic mass is 9.74. The van der Waals surface area contributed by atoms with E-state index in [2.05, 4.69) is 0 Å². The fourth-order valence-electron chi connectivity index (χ4n) is 3.22. The smallest absolute Gasteiger partial charge is 0.508 e. The molecule has 2 rings (SSSR count). The first-order valence-corrected chi connectivity index (χ1v) is 8.08. The van der Waals surface area contributed by atoms with Crippen LogP contribution in [-0.4, -0.2) is 66.4 Å². The van der Waals surface area contributed by atoms with E-state index in [1.54, 1.807) is 0 Å². The van der Waals surface area contributed by atoms with Crippen LogP contribution >= 0.6 is 0 Å². The summed E-state index contributed by atoms with van der Waals surface area (Å²) in [4.78, 5) is 26.1. The number of aliphatic hydroxyl groups excluding tert-OH is 1. The third-order valence-corrected chi connectivity index (χ3v) is 4.48. The Labute approximate surface area is 136 Å². The molecule has 2 fully saturated rings. The lowest BCUT2D eigenvalue weighted by molar-refractivity contribution is -0.144. The van der Waals surface area contributed by atoms with E-state index in [9.17, 15) is 9.59 Å². The maximum absolute atomic E-state index is 12.5. The van der Waals surface area contributed by atoms with Crippen molar-refractivity contribution in [3.8, 4) is 0 Å². The highest BCUT2D eigenvalue weighted by atomic mass is 16.6. The molecule has 0 aromatic heterocycles. The van der Waals surface area contributed by atoms with Crippen LogP contribution in [0.25, 0.3) is 0 Å². The van der Waals surface area contributed by atoms with Crippen LogP contribution in [0.5, 0.6) is 0 Å². The van der Waals surface area contributed by atoms with Gasteiger partial charge in [-0.1, -0.05) is 6.42 Å². The van der Waals surface area contributed by atoms with Gasteiger partial charge in [-0.25, -0.2) is 0 Å². The number of rotatable bonds is 4. The Morgan fingerprint density at radius 3 is 2.91 bits per heavy atom. The average molecular weight is 327 g/mol. The van der Waals surface area contributed by atoms with E-state index in [1.807, 2.05) is 13.8 Å². The minimum absolute atomic E-state index is 0.0530. The molecule has 0 aromatic rings. The van der Waals surface area contributed by atoms with Crippen molar-refractivity contribution in [1.82, 2.24) is 4.90 Å². The number of nitrogens with zero attached hydrogens (tertiary/aromatic N) is 1. The summed E-state index contributed by atoms with van der Waals surface area (Å²) in [6.07, 6.45) is 2.06. The highest BCUT2D eigenvalue weighted by Crippen LogP contribution is 2.34. The molecular weight excluding hydrogens is 301 g/mol. The second-order valence-corrected chi connectivity index (χ2v) is 6.70. The van der Waals surface area contributed by atoms with Crippen molar-refractivity contribution in [1.29, 1.82) is 0 Å². The van der Waals surface area contributed by atoms with Crippen molar-refractivity contribution in [2.45, 2.75) is 50.7 Å². The second-order valence-electron chi connectivity index (χ2n) is 6.70. The number of hydrogen-bond donors (Lipinski definition) is 3. The first kappa shape index (κ1) is 18.2. The molecule has 0 unspecified atom stereocenters. The number of likely N-dealkylation sites (tertiary alicyclic amines) is 1. The van der Waals surface area contributed by atoms with E-state index >= 15 is 0 Å². The summed E-state index contributed by atoms with van der Waals surface area (Å²) in [5.74, 6) is -1.11. The Balaban J connectivity index is 2.11. The minimum atomic E-state index is -1.25. The zero-order chi connectivity index (χ0) is 17.2. The summed E-state index contributed by atoms with van der Waals surface area (Å²) in [5, 5.41) is 9.04. The third kappa shape index (κ3) is 3.85. The van der Waals surface area contributed by atoms with Crippen LogP contribution in [0.3, 0.4) is 0 Å². The lowest BCUT2D eigenvalue weighted by Gasteiger charge is -2.32. The zero-order valence-electron chi connectivity index (χ0n) is 13.7. The van der Waals surface area contributed by atoms with Gasteiger partial charge in [0.15, 0.2) is 0 Å². The number of fused-ring (bicyclic) bond motifs is 1. The highest BCUT2D eigenvalue weighted by molar-refractivity contribution is 6.47. The Morgan fingerprint density at radius 1 is 1.61 bits per heavy atom. The molecule has 0 saturated carbocycles. The van der Waals surface area contributed by atoms with Crippen LogP contribution in [0.15, 0.2) is 0 Å². The number of hydrogen-bond acceptors (Lipinski definition) is 7. The van der Waals surface area contributed by atoms with Gasteiger partial charge in [0.2, 0.25) is 5.91 Å². The van der Waals surface area contributed by atoms with E-state index in [0.29, 0.717) is 19.3 Å². The van der Waals surface area contributed by atoms with Gasteiger partial charge in [-0.05, 0) is 26.6 Å². The van der Waals surface area contributed by atoms with Crippen LogP contribution in [-0.2, 0) is 18.9 Å². The largest absolute Gasteiger partial charge is 0.527 e. The number of carbonyl (C=O) groups is 2. The molecule has 8 nitrogen and oxygen atoms in total. The Kier molecular flexibility index (Phi) is 5.67. The molecule has 130 valence electrons. The van der Waals surface area contributed by atoms with Crippen LogP contribution in [0.2, 0.25) is 6.32 Å². The molecule has 2 saturated heterocycles. The van der Waals surface area contributed by atoms with Gasteiger partial charge in [0.25, 0.3) is 0 Å². The molecule has 0 aromatic carbocycles. The summed E-state index contributed by atoms with van der Waals surface area (Å²) >= 11 is 0. The Bertz CT molecular complexity index is 464. The summed E-state index contributed by atoms with van der Waals surface area (Å²) in [7, 11) is -0.603. The van der Waals surface area contributed by atoms with Gasteiger partial charge in [0.1, 0.15) is 11.6 Å². The van der Waals surface area contributed by atoms with Crippen LogP contribution < -0.4 is 11.5 Å². The third-order valence-electron chi connectivity index (χ3n) is 4.48. The standard InChI is InChI=1S/C14H26BN3O5/c1-9(2)22-15-5-3-4-10-6-18(12(20)11(16)7-19)8-14(10,17)13(21)23-15/h9-11,19H,3-8,16-17H2,1-2H3/t10-,11-,14-/m0/s1. The second kappa shape index (κ2) is 7.17. The molecule has 0 bridgehead atoms. The first-order chi connectivity index (χ1) is 10.8. The summed E-state index contributed by atoms with van der Waals surface area (Å²) < 4.78 is 11.0. The maximum atomic E-state index is 12.5. The topological polar surface area (TPSA) is 128 Å². The first-order valence-electron chi connectivity index (χ1n) is 8.08. The van der Waals surface area contributed by atoms with Crippen molar-refractivity contribution < 1.29 is 24.0 Å². The molecule has 9 heteroatoms. The number of carbonyl (C=O) groups excluding carboxylic acids is 2. The fourth-order valence-corrected chi connectivity index (χ4v) is 3.22. The van der Waals surface area contributed by atoms with Crippen LogP contribution in [0.4, 0.5) is 0 Å². The number of amides is 1. The van der Waals surface area contributed by atoms with Gasteiger partial charge in [0.05, 0.1) is 6.61 Å². The minimum Gasteiger partial charge on any atom is -0.508 e. The van der Waals surface area contributed by atoms with Gasteiger partial charge in [-0.15, -0.1) is 0 Å². The highest BCUT2D eigenvalue weighted by Gasteiger charge is 2.53. The summed E-state index contributed by atoms with van der Waals surface area (Å²) in [6.45, 7) is 3.72. The van der Waals surface area contributed by atoms with Gasteiger partial charge in [-0.2, -0.15) is 0 Å². The van der Waals surface area contributed by atoms with Gasteiger partial charge in [-0.3, -0.25) is 9.59 Å². The van der Waals surface area contributed by atoms with E-state index < -0.39 is 37.2 Å². The Morgan fingerprint density at radius 2 is 2.30 bits per heavy atom.